The van der Waals surface area contributed by atoms with E-state index < -0.39 is 10.0 Å². The molecule has 102 valence electrons. The number of nitrogens with one attached hydrogen (secondary N) is 2. The van der Waals surface area contributed by atoms with Gasteiger partial charge in [-0.3, -0.25) is 0 Å². The molecule has 1 saturated heterocycles. The van der Waals surface area contributed by atoms with Gasteiger partial charge in [-0.15, -0.1) is 0 Å². The molecule has 2 rings (SSSR count). The van der Waals surface area contributed by atoms with Crippen molar-refractivity contribution < 1.29 is 8.42 Å². The van der Waals surface area contributed by atoms with Crippen LogP contribution in [0.2, 0.25) is 0 Å². The molecule has 1 aromatic rings. The molecule has 0 bridgehead atoms. The van der Waals surface area contributed by atoms with Crippen LogP contribution < -0.4 is 10.0 Å². The zero-order chi connectivity index (χ0) is 13.0. The van der Waals surface area contributed by atoms with Gasteiger partial charge in [-0.25, -0.2) is 18.1 Å². The Balaban J connectivity index is 2.06. The van der Waals surface area contributed by atoms with E-state index in [1.165, 1.54) is 0 Å². The van der Waals surface area contributed by atoms with Gasteiger partial charge in [0.15, 0.2) is 5.03 Å². The summed E-state index contributed by atoms with van der Waals surface area (Å²) in [7, 11) is -3.49. The lowest BCUT2D eigenvalue weighted by Crippen LogP contribution is -2.40. The molecule has 1 atom stereocenters. The zero-order valence-corrected chi connectivity index (χ0v) is 11.4. The van der Waals surface area contributed by atoms with Crippen molar-refractivity contribution in [2.24, 2.45) is 0 Å². The number of nitrogens with zero attached hydrogens (tertiary/aromatic N) is 2. The molecular weight excluding hydrogens is 252 g/mol. The Kier molecular flexibility index (Phi) is 4.36. The average Bonchev–Trinajstić information content (AvgIpc) is 2.70. The molecule has 1 aromatic heterocycles. The van der Waals surface area contributed by atoms with Crippen LogP contribution in [-0.2, 0) is 16.6 Å². The highest BCUT2D eigenvalue weighted by Gasteiger charge is 2.22. The van der Waals surface area contributed by atoms with Gasteiger partial charge in [-0.2, -0.15) is 0 Å². The number of hydrogen-bond acceptors (Lipinski definition) is 4. The minimum Gasteiger partial charge on any atom is -0.336 e. The lowest BCUT2D eigenvalue weighted by atomic mass is 10.2. The summed E-state index contributed by atoms with van der Waals surface area (Å²) >= 11 is 0. The minimum atomic E-state index is -3.49. The van der Waals surface area contributed by atoms with Gasteiger partial charge in [0, 0.05) is 25.3 Å². The molecule has 0 amide bonds. The van der Waals surface area contributed by atoms with Crippen LogP contribution in [0.25, 0.3) is 0 Å². The van der Waals surface area contributed by atoms with E-state index in [0.29, 0.717) is 13.1 Å². The highest BCUT2D eigenvalue weighted by molar-refractivity contribution is 7.89. The molecular formula is C11H20N4O2S. The molecule has 1 aliphatic heterocycles. The quantitative estimate of drug-likeness (QED) is 0.828. The van der Waals surface area contributed by atoms with Crippen molar-refractivity contribution in [3.8, 4) is 0 Å². The van der Waals surface area contributed by atoms with Gasteiger partial charge in [0.25, 0.3) is 10.0 Å². The molecule has 1 aliphatic rings. The first-order valence-electron chi connectivity index (χ1n) is 6.36. The maximum atomic E-state index is 12.1. The van der Waals surface area contributed by atoms with Crippen molar-refractivity contribution in [3.63, 3.8) is 0 Å². The smallest absolute Gasteiger partial charge is 0.259 e. The molecule has 1 unspecified atom stereocenters. The van der Waals surface area contributed by atoms with Crippen molar-refractivity contribution in [1.82, 2.24) is 19.6 Å². The fourth-order valence-corrected chi connectivity index (χ4v) is 3.27. The van der Waals surface area contributed by atoms with E-state index in [1.54, 1.807) is 17.1 Å². The van der Waals surface area contributed by atoms with Crippen LogP contribution in [0.4, 0.5) is 0 Å². The summed E-state index contributed by atoms with van der Waals surface area (Å²) in [4.78, 5) is 3.94. The summed E-state index contributed by atoms with van der Waals surface area (Å²) < 4.78 is 28.7. The normalized spacial score (nSPS) is 21.7. The van der Waals surface area contributed by atoms with E-state index in [4.69, 9.17) is 0 Å². The third-order valence-electron chi connectivity index (χ3n) is 3.12. The molecule has 0 radical (unpaired) electrons. The predicted molar refractivity (Wildman–Crippen MR) is 68.7 cm³/mol. The van der Waals surface area contributed by atoms with Crippen LogP contribution >= 0.6 is 0 Å². The van der Waals surface area contributed by atoms with Crippen molar-refractivity contribution in [3.05, 3.63) is 12.5 Å². The van der Waals surface area contributed by atoms with Crippen LogP contribution in [0.15, 0.2) is 17.6 Å². The maximum Gasteiger partial charge on any atom is 0.259 e. The molecule has 0 aliphatic carbocycles. The van der Waals surface area contributed by atoms with E-state index in [-0.39, 0.29) is 11.1 Å². The van der Waals surface area contributed by atoms with E-state index in [1.807, 2.05) is 6.92 Å². The number of aromatic nitrogens is 2. The molecule has 7 heteroatoms. The van der Waals surface area contributed by atoms with Crippen LogP contribution in [0.5, 0.6) is 0 Å². The van der Waals surface area contributed by atoms with Gasteiger partial charge in [0.05, 0.1) is 6.33 Å². The SMILES string of the molecule is CCn1cnc(S(=O)(=O)NC2CCCCNC2)c1. The Morgan fingerprint density at radius 2 is 2.39 bits per heavy atom. The number of sulfonamides is 1. The summed E-state index contributed by atoms with van der Waals surface area (Å²) in [6.45, 7) is 4.31. The standard InChI is InChI=1S/C11H20N4O2S/c1-2-15-8-11(13-9-15)18(16,17)14-10-5-3-4-6-12-7-10/h8-10,12,14H,2-7H2,1H3. The zero-order valence-electron chi connectivity index (χ0n) is 10.6. The fourth-order valence-electron chi connectivity index (χ4n) is 2.05. The Hall–Kier alpha value is -0.920. The first kappa shape index (κ1) is 13.5. The third kappa shape index (κ3) is 3.30. The van der Waals surface area contributed by atoms with Crippen LogP contribution in [0, 0.1) is 0 Å². The van der Waals surface area contributed by atoms with Crippen molar-refractivity contribution in [2.45, 2.75) is 43.8 Å². The molecule has 1 fully saturated rings. The second-order valence-electron chi connectivity index (χ2n) is 4.56. The van der Waals surface area contributed by atoms with Crippen LogP contribution in [0.3, 0.4) is 0 Å². The molecule has 0 spiro atoms. The third-order valence-corrected chi connectivity index (χ3v) is 4.52. The highest BCUT2D eigenvalue weighted by atomic mass is 32.2. The molecule has 0 aromatic carbocycles. The minimum absolute atomic E-state index is 0.0377. The first-order chi connectivity index (χ1) is 8.62. The van der Waals surface area contributed by atoms with Gasteiger partial charge in [-0.05, 0) is 26.3 Å². The van der Waals surface area contributed by atoms with Crippen molar-refractivity contribution in [2.75, 3.05) is 13.1 Å². The summed E-state index contributed by atoms with van der Waals surface area (Å²) in [5, 5.41) is 3.34. The number of imidazole rings is 1. The second-order valence-corrected chi connectivity index (χ2v) is 6.22. The second kappa shape index (κ2) is 5.81. The van der Waals surface area contributed by atoms with Crippen molar-refractivity contribution in [1.29, 1.82) is 0 Å². The number of hydrogen-bond donors (Lipinski definition) is 2. The van der Waals surface area contributed by atoms with Crippen molar-refractivity contribution >= 4 is 10.0 Å². The first-order valence-corrected chi connectivity index (χ1v) is 7.85. The Bertz CT molecular complexity index is 475. The topological polar surface area (TPSA) is 76.0 Å². The maximum absolute atomic E-state index is 12.1. The lowest BCUT2D eigenvalue weighted by molar-refractivity contribution is 0.519. The van der Waals surface area contributed by atoms with Gasteiger partial charge in [0.1, 0.15) is 0 Å². The monoisotopic (exact) mass is 272 g/mol. The van der Waals surface area contributed by atoms with E-state index >= 15 is 0 Å². The van der Waals surface area contributed by atoms with Crippen LogP contribution in [-0.4, -0.2) is 37.1 Å². The van der Waals surface area contributed by atoms with Gasteiger partial charge < -0.3 is 9.88 Å². The Morgan fingerprint density at radius 3 is 3.11 bits per heavy atom. The number of aryl methyl sites for hydroxylation is 1. The summed E-state index contributed by atoms with van der Waals surface area (Å²) in [5.41, 5.74) is 0. The van der Waals surface area contributed by atoms with Gasteiger partial charge in [0.2, 0.25) is 0 Å². The molecule has 0 saturated carbocycles. The van der Waals surface area contributed by atoms with E-state index in [2.05, 4.69) is 15.0 Å². The largest absolute Gasteiger partial charge is 0.336 e. The van der Waals surface area contributed by atoms with Crippen LogP contribution in [0.1, 0.15) is 26.2 Å². The van der Waals surface area contributed by atoms with E-state index in [9.17, 15) is 8.42 Å². The summed E-state index contributed by atoms with van der Waals surface area (Å²) in [6, 6.07) is -0.0377. The predicted octanol–water partition coefficient (Wildman–Crippen LogP) is 0.323. The number of rotatable bonds is 4. The van der Waals surface area contributed by atoms with Gasteiger partial charge >= 0.3 is 0 Å². The fraction of sp³-hybridized carbons (Fsp3) is 0.727. The Morgan fingerprint density at radius 1 is 1.56 bits per heavy atom. The Labute approximate surface area is 108 Å². The summed E-state index contributed by atoms with van der Waals surface area (Å²) in [5.74, 6) is 0. The van der Waals surface area contributed by atoms with Gasteiger partial charge in [-0.1, -0.05) is 6.42 Å². The molecule has 18 heavy (non-hydrogen) atoms. The molecule has 2 heterocycles. The van der Waals surface area contributed by atoms with E-state index in [0.717, 1.165) is 25.8 Å². The molecule has 6 nitrogen and oxygen atoms in total. The lowest BCUT2D eigenvalue weighted by Gasteiger charge is -2.15. The summed E-state index contributed by atoms with van der Waals surface area (Å²) in [6.07, 6.45) is 6.12. The highest BCUT2D eigenvalue weighted by Crippen LogP contribution is 2.10. The average molecular weight is 272 g/mol. The molecule has 2 N–H and O–H groups in total.